The number of pyridine rings is 1. The zero-order valence-electron chi connectivity index (χ0n) is 12.0. The molecule has 0 bridgehead atoms. The minimum atomic E-state index is -0.0630. The van der Waals surface area contributed by atoms with E-state index in [1.54, 1.807) is 24.3 Å². The maximum atomic E-state index is 12.4. The molecular weight excluding hydrogens is 282 g/mol. The fourth-order valence-electron chi connectivity index (χ4n) is 2.06. The number of rotatable bonds is 4. The van der Waals surface area contributed by atoms with Crippen LogP contribution in [0.3, 0.4) is 0 Å². The zero-order valence-corrected chi connectivity index (χ0v) is 12.9. The van der Waals surface area contributed by atoms with Gasteiger partial charge in [-0.25, -0.2) is 0 Å². The van der Waals surface area contributed by atoms with Crippen molar-refractivity contribution in [2.45, 2.75) is 13.5 Å². The first-order valence-corrected chi connectivity index (χ1v) is 6.94. The van der Waals surface area contributed by atoms with E-state index < -0.39 is 0 Å². The van der Waals surface area contributed by atoms with Crippen LogP contribution in [-0.2, 0) is 6.54 Å². The van der Waals surface area contributed by atoms with E-state index >= 15 is 0 Å². The Balaban J connectivity index is 2.14. The van der Waals surface area contributed by atoms with Gasteiger partial charge in [-0.1, -0.05) is 30.4 Å². The van der Waals surface area contributed by atoms with Crippen molar-refractivity contribution in [3.05, 3.63) is 65.0 Å². The second kappa shape index (κ2) is 6.45. The molecule has 0 saturated heterocycles. The number of carbonyl (C=O) groups excluding carboxylic acids is 1. The smallest absolute Gasteiger partial charge is 0.255 e. The lowest BCUT2D eigenvalue weighted by atomic mass is 10.1. The molecule has 5 heteroatoms. The van der Waals surface area contributed by atoms with Gasteiger partial charge in [0.15, 0.2) is 0 Å². The van der Waals surface area contributed by atoms with Crippen LogP contribution in [0.1, 0.15) is 27.0 Å². The number of nitrogens with zero attached hydrogens (tertiary/aromatic N) is 2. The molecule has 0 spiro atoms. The molecule has 0 aliphatic carbocycles. The number of hydrogen-bond acceptors (Lipinski definition) is 3. The van der Waals surface area contributed by atoms with Crippen molar-refractivity contribution in [1.82, 2.24) is 9.88 Å². The third kappa shape index (κ3) is 3.86. The molecule has 0 fully saturated rings. The molecule has 0 radical (unpaired) electrons. The molecule has 2 aromatic rings. The van der Waals surface area contributed by atoms with Crippen LogP contribution in [0.25, 0.3) is 0 Å². The summed E-state index contributed by atoms with van der Waals surface area (Å²) < 4.78 is 0. The Kier molecular flexibility index (Phi) is 4.65. The van der Waals surface area contributed by atoms with Crippen molar-refractivity contribution in [2.75, 3.05) is 7.05 Å². The highest BCUT2D eigenvalue weighted by Crippen LogP contribution is 2.11. The van der Waals surface area contributed by atoms with Crippen LogP contribution in [0.5, 0.6) is 0 Å². The monoisotopic (exact) mass is 299 g/mol. The maximum Gasteiger partial charge on any atom is 0.255 e. The van der Waals surface area contributed by atoms with Crippen molar-refractivity contribution in [3.63, 3.8) is 0 Å². The summed E-state index contributed by atoms with van der Waals surface area (Å²) in [6.07, 6.45) is 3.31. The third-order valence-electron chi connectivity index (χ3n) is 3.10. The summed E-state index contributed by atoms with van der Waals surface area (Å²) in [6.45, 7) is 2.40. The van der Waals surface area contributed by atoms with Gasteiger partial charge in [0.1, 0.15) is 4.99 Å². The normalized spacial score (nSPS) is 10.2. The Labute approximate surface area is 129 Å². The van der Waals surface area contributed by atoms with Crippen molar-refractivity contribution in [1.29, 1.82) is 0 Å². The van der Waals surface area contributed by atoms with Crippen LogP contribution in [0.4, 0.5) is 0 Å². The number of aryl methyl sites for hydroxylation is 1. The summed E-state index contributed by atoms with van der Waals surface area (Å²) in [6, 6.07) is 9.42. The Morgan fingerprint density at radius 3 is 2.71 bits per heavy atom. The molecule has 1 aromatic carbocycles. The quantitative estimate of drug-likeness (QED) is 0.880. The molecule has 21 heavy (non-hydrogen) atoms. The van der Waals surface area contributed by atoms with Crippen LogP contribution in [0.15, 0.2) is 42.7 Å². The standard InChI is InChI=1S/C16H17N3OS/c1-11-6-14(9-18-8-11)16(20)19(2)10-12-4-3-5-13(7-12)15(17)21/h3-9H,10H2,1-2H3,(H2,17,21). The van der Waals surface area contributed by atoms with Crippen molar-refractivity contribution in [2.24, 2.45) is 5.73 Å². The van der Waals surface area contributed by atoms with E-state index in [0.29, 0.717) is 17.1 Å². The fourth-order valence-corrected chi connectivity index (χ4v) is 2.19. The van der Waals surface area contributed by atoms with Crippen molar-refractivity contribution >= 4 is 23.1 Å². The Morgan fingerprint density at radius 2 is 2.05 bits per heavy atom. The van der Waals surface area contributed by atoms with Crippen LogP contribution in [0.2, 0.25) is 0 Å². The number of nitrogens with two attached hydrogens (primary N) is 1. The number of hydrogen-bond donors (Lipinski definition) is 1. The van der Waals surface area contributed by atoms with Gasteiger partial charge in [0, 0.05) is 31.5 Å². The minimum Gasteiger partial charge on any atom is -0.389 e. The molecule has 1 aromatic heterocycles. The molecule has 4 nitrogen and oxygen atoms in total. The summed E-state index contributed by atoms with van der Waals surface area (Å²) in [7, 11) is 1.76. The number of carbonyl (C=O) groups is 1. The van der Waals surface area contributed by atoms with Gasteiger partial charge in [-0.15, -0.1) is 0 Å². The lowest BCUT2D eigenvalue weighted by Gasteiger charge is -2.17. The summed E-state index contributed by atoms with van der Waals surface area (Å²) in [5.74, 6) is -0.0630. The zero-order chi connectivity index (χ0) is 15.4. The van der Waals surface area contributed by atoms with Crippen LogP contribution < -0.4 is 5.73 Å². The molecule has 0 atom stereocenters. The van der Waals surface area contributed by atoms with Crippen LogP contribution >= 0.6 is 12.2 Å². The van der Waals surface area contributed by atoms with Crippen LogP contribution in [-0.4, -0.2) is 27.8 Å². The lowest BCUT2D eigenvalue weighted by molar-refractivity contribution is 0.0784. The van der Waals surface area contributed by atoms with E-state index in [1.807, 2.05) is 37.3 Å². The summed E-state index contributed by atoms with van der Waals surface area (Å²) >= 11 is 4.97. The Hall–Kier alpha value is -2.27. The average Bonchev–Trinajstić information content (AvgIpc) is 2.46. The Bertz CT molecular complexity index is 685. The van der Waals surface area contributed by atoms with Gasteiger partial charge in [-0.3, -0.25) is 9.78 Å². The molecule has 0 aliphatic rings. The van der Waals surface area contributed by atoms with Gasteiger partial charge >= 0.3 is 0 Å². The van der Waals surface area contributed by atoms with Gasteiger partial charge in [-0.2, -0.15) is 0 Å². The molecule has 1 heterocycles. The van der Waals surface area contributed by atoms with Gasteiger partial charge in [0.2, 0.25) is 0 Å². The van der Waals surface area contributed by atoms with Crippen molar-refractivity contribution < 1.29 is 4.79 Å². The predicted molar refractivity (Wildman–Crippen MR) is 87.1 cm³/mol. The van der Waals surface area contributed by atoms with Crippen LogP contribution in [0, 0.1) is 6.92 Å². The largest absolute Gasteiger partial charge is 0.389 e. The van der Waals surface area contributed by atoms with Gasteiger partial charge in [0.05, 0.1) is 5.56 Å². The molecule has 2 rings (SSSR count). The Morgan fingerprint density at radius 1 is 1.29 bits per heavy atom. The highest BCUT2D eigenvalue weighted by molar-refractivity contribution is 7.80. The van der Waals surface area contributed by atoms with E-state index in [1.165, 1.54) is 0 Å². The van der Waals surface area contributed by atoms with E-state index in [4.69, 9.17) is 18.0 Å². The van der Waals surface area contributed by atoms with E-state index in [9.17, 15) is 4.79 Å². The van der Waals surface area contributed by atoms with E-state index in [-0.39, 0.29) is 5.91 Å². The second-order valence-electron chi connectivity index (χ2n) is 4.98. The molecule has 2 N–H and O–H groups in total. The first kappa shape index (κ1) is 15.1. The first-order chi connectivity index (χ1) is 9.97. The minimum absolute atomic E-state index is 0.0630. The van der Waals surface area contributed by atoms with Gasteiger partial charge in [-0.05, 0) is 30.2 Å². The van der Waals surface area contributed by atoms with E-state index in [2.05, 4.69) is 4.98 Å². The fraction of sp³-hybridized carbons (Fsp3) is 0.188. The highest BCUT2D eigenvalue weighted by atomic mass is 32.1. The summed E-state index contributed by atoms with van der Waals surface area (Å²) in [5, 5.41) is 0. The molecule has 0 unspecified atom stereocenters. The molecular formula is C16H17N3OS. The number of amides is 1. The summed E-state index contributed by atoms with van der Waals surface area (Å²) in [4.78, 5) is 18.4. The number of thiocarbonyl (C=S) groups is 1. The maximum absolute atomic E-state index is 12.4. The molecule has 0 aliphatic heterocycles. The first-order valence-electron chi connectivity index (χ1n) is 6.53. The average molecular weight is 299 g/mol. The SMILES string of the molecule is Cc1cncc(C(=O)N(C)Cc2cccc(C(N)=S)c2)c1. The third-order valence-corrected chi connectivity index (χ3v) is 3.34. The van der Waals surface area contributed by atoms with E-state index in [0.717, 1.165) is 16.7 Å². The molecule has 1 amide bonds. The van der Waals surface area contributed by atoms with Crippen molar-refractivity contribution in [3.8, 4) is 0 Å². The molecule has 0 saturated carbocycles. The van der Waals surface area contributed by atoms with Gasteiger partial charge < -0.3 is 10.6 Å². The van der Waals surface area contributed by atoms with Gasteiger partial charge in [0.25, 0.3) is 5.91 Å². The summed E-state index contributed by atoms with van der Waals surface area (Å²) in [5.41, 5.74) is 8.96. The molecule has 108 valence electrons. The number of aromatic nitrogens is 1. The second-order valence-corrected chi connectivity index (χ2v) is 5.42. The lowest BCUT2D eigenvalue weighted by Crippen LogP contribution is -2.26. The number of benzene rings is 1. The highest BCUT2D eigenvalue weighted by Gasteiger charge is 2.13. The predicted octanol–water partition coefficient (Wildman–Crippen LogP) is 2.30. The topological polar surface area (TPSA) is 59.2 Å².